The van der Waals surface area contributed by atoms with E-state index in [2.05, 4.69) is 0 Å². The van der Waals surface area contributed by atoms with E-state index in [-0.39, 0.29) is 35.8 Å². The van der Waals surface area contributed by atoms with E-state index in [1.54, 1.807) is 6.92 Å². The van der Waals surface area contributed by atoms with E-state index < -0.39 is 5.97 Å². The third-order valence-electron chi connectivity index (χ3n) is 2.27. The monoisotopic (exact) mass is 265 g/mol. The summed E-state index contributed by atoms with van der Waals surface area (Å²) >= 11 is 5.51. The van der Waals surface area contributed by atoms with Gasteiger partial charge in [-0.1, -0.05) is 0 Å². The van der Waals surface area contributed by atoms with E-state index in [0.717, 1.165) is 0 Å². The summed E-state index contributed by atoms with van der Waals surface area (Å²) in [4.78, 5) is 23.5. The van der Waals surface area contributed by atoms with Crippen molar-refractivity contribution < 1.29 is 14.3 Å². The zero-order chi connectivity index (χ0) is 13.5. The van der Waals surface area contributed by atoms with Crippen molar-refractivity contribution in [2.45, 2.75) is 13.3 Å². The summed E-state index contributed by atoms with van der Waals surface area (Å²) in [5.41, 5.74) is 0.681. The minimum atomic E-state index is -0.570. The molecule has 1 aromatic carbocycles. The average Bonchev–Trinajstić information content (AvgIpc) is 2.38. The van der Waals surface area contributed by atoms with Gasteiger partial charge in [-0.25, -0.2) is 4.79 Å². The van der Waals surface area contributed by atoms with Gasteiger partial charge in [-0.3, -0.25) is 4.79 Å². The normalized spacial score (nSPS) is 9.61. The number of halogens is 1. The number of hydrogen-bond donors (Lipinski definition) is 0. The molecule has 1 rings (SSSR count). The number of nitriles is 1. The van der Waals surface area contributed by atoms with E-state index in [4.69, 9.17) is 21.6 Å². The maximum Gasteiger partial charge on any atom is 0.338 e. The van der Waals surface area contributed by atoms with E-state index in [0.29, 0.717) is 5.56 Å². The largest absolute Gasteiger partial charge is 0.462 e. The molecule has 0 atom stereocenters. The van der Waals surface area contributed by atoms with Gasteiger partial charge in [0.25, 0.3) is 0 Å². The highest BCUT2D eigenvalue weighted by Gasteiger charge is 2.18. The molecule has 0 fully saturated rings. The minimum Gasteiger partial charge on any atom is -0.462 e. The summed E-state index contributed by atoms with van der Waals surface area (Å²) in [5, 5.41) is 8.80. The van der Waals surface area contributed by atoms with Crippen LogP contribution in [0.25, 0.3) is 0 Å². The molecular weight excluding hydrogens is 254 g/mol. The highest BCUT2D eigenvalue weighted by molar-refractivity contribution is 6.20. The van der Waals surface area contributed by atoms with Crippen LogP contribution < -0.4 is 0 Å². The lowest BCUT2D eigenvalue weighted by Crippen LogP contribution is -2.12. The molecule has 0 saturated carbocycles. The van der Waals surface area contributed by atoms with Gasteiger partial charge in [0.05, 0.1) is 23.8 Å². The smallest absolute Gasteiger partial charge is 0.338 e. The number of rotatable bonds is 5. The highest BCUT2D eigenvalue weighted by atomic mass is 35.5. The molecule has 0 N–H and O–H groups in total. The first-order valence-electron chi connectivity index (χ1n) is 5.44. The number of carbonyl (C=O) groups is 2. The van der Waals surface area contributed by atoms with E-state index >= 15 is 0 Å². The number of nitrogens with zero attached hydrogens (tertiary/aromatic N) is 1. The SMILES string of the molecule is CCOC(=O)c1ccc(C#N)cc1C(=O)CCCl. The number of ether oxygens (including phenoxy) is 1. The molecule has 0 aliphatic carbocycles. The van der Waals surface area contributed by atoms with Gasteiger partial charge in [-0.15, -0.1) is 11.6 Å². The lowest BCUT2D eigenvalue weighted by atomic mass is 9.99. The second-order valence-corrected chi connectivity index (χ2v) is 3.83. The van der Waals surface area contributed by atoms with Crippen molar-refractivity contribution in [1.82, 2.24) is 0 Å². The highest BCUT2D eigenvalue weighted by Crippen LogP contribution is 2.16. The van der Waals surface area contributed by atoms with E-state index in [9.17, 15) is 9.59 Å². The molecule has 0 aromatic heterocycles. The molecule has 5 heteroatoms. The van der Waals surface area contributed by atoms with Crippen molar-refractivity contribution in [3.8, 4) is 6.07 Å². The Bertz CT molecular complexity index is 505. The molecule has 0 spiro atoms. The summed E-state index contributed by atoms with van der Waals surface area (Å²) < 4.78 is 4.86. The molecule has 0 radical (unpaired) electrons. The van der Waals surface area contributed by atoms with Gasteiger partial charge in [0, 0.05) is 17.9 Å². The van der Waals surface area contributed by atoms with Crippen molar-refractivity contribution in [3.05, 3.63) is 34.9 Å². The summed E-state index contributed by atoms with van der Waals surface area (Å²) in [6, 6.07) is 6.22. The third kappa shape index (κ3) is 3.31. The van der Waals surface area contributed by atoms with Gasteiger partial charge in [0.1, 0.15) is 0 Å². The van der Waals surface area contributed by atoms with Crippen LogP contribution in [-0.4, -0.2) is 24.2 Å². The van der Waals surface area contributed by atoms with Crippen LogP contribution in [0.15, 0.2) is 18.2 Å². The molecule has 1 aromatic rings. The molecule has 0 heterocycles. The quantitative estimate of drug-likeness (QED) is 0.466. The molecule has 0 saturated heterocycles. The Hall–Kier alpha value is -1.86. The summed E-state index contributed by atoms with van der Waals surface area (Å²) in [5.74, 6) is -0.678. The Morgan fingerprint density at radius 1 is 1.39 bits per heavy atom. The van der Waals surface area contributed by atoms with Crippen LogP contribution in [-0.2, 0) is 4.74 Å². The summed E-state index contributed by atoms with van der Waals surface area (Å²) in [7, 11) is 0. The molecule has 0 aliphatic heterocycles. The Kier molecular flexibility index (Phi) is 5.34. The number of benzene rings is 1. The number of hydrogen-bond acceptors (Lipinski definition) is 4. The Balaban J connectivity index is 3.21. The Morgan fingerprint density at radius 3 is 2.67 bits per heavy atom. The van der Waals surface area contributed by atoms with Crippen LogP contribution in [0.3, 0.4) is 0 Å². The second-order valence-electron chi connectivity index (χ2n) is 3.45. The van der Waals surface area contributed by atoms with Crippen molar-refractivity contribution >= 4 is 23.4 Å². The molecule has 0 unspecified atom stereocenters. The maximum atomic E-state index is 11.8. The van der Waals surface area contributed by atoms with Gasteiger partial charge in [0.15, 0.2) is 5.78 Å². The van der Waals surface area contributed by atoms with Crippen LogP contribution in [0.5, 0.6) is 0 Å². The topological polar surface area (TPSA) is 67.2 Å². The van der Waals surface area contributed by atoms with Gasteiger partial charge >= 0.3 is 5.97 Å². The van der Waals surface area contributed by atoms with Crippen LogP contribution in [0.1, 0.15) is 39.6 Å². The zero-order valence-corrected chi connectivity index (χ0v) is 10.7. The standard InChI is InChI=1S/C13H12ClNO3/c1-2-18-13(17)10-4-3-9(8-15)7-11(10)12(16)5-6-14/h3-4,7H,2,5-6H2,1H3. The summed E-state index contributed by atoms with van der Waals surface area (Å²) in [6.07, 6.45) is 0.114. The number of esters is 1. The first-order chi connectivity index (χ1) is 8.63. The van der Waals surface area contributed by atoms with Crippen molar-refractivity contribution in [3.63, 3.8) is 0 Å². The Labute approximate surface area is 110 Å². The number of ketones is 1. The number of Topliss-reactive ketones (excluding diaryl/α,β-unsaturated/α-hetero) is 1. The molecule has 4 nitrogen and oxygen atoms in total. The zero-order valence-electron chi connectivity index (χ0n) is 9.90. The second kappa shape index (κ2) is 6.77. The predicted molar refractivity (Wildman–Crippen MR) is 66.8 cm³/mol. The molecule has 0 aliphatic rings. The molecule has 0 bridgehead atoms. The van der Waals surface area contributed by atoms with Crippen LogP contribution >= 0.6 is 11.6 Å². The fourth-order valence-electron chi connectivity index (χ4n) is 1.45. The van der Waals surface area contributed by atoms with Crippen molar-refractivity contribution in [2.75, 3.05) is 12.5 Å². The minimum absolute atomic E-state index is 0.114. The molecule has 0 amide bonds. The van der Waals surface area contributed by atoms with Gasteiger partial charge in [0.2, 0.25) is 0 Å². The summed E-state index contributed by atoms with van der Waals surface area (Å²) in [6.45, 7) is 1.91. The lowest BCUT2D eigenvalue weighted by Gasteiger charge is -2.07. The third-order valence-corrected chi connectivity index (χ3v) is 2.45. The molecule has 18 heavy (non-hydrogen) atoms. The van der Waals surface area contributed by atoms with Crippen molar-refractivity contribution in [1.29, 1.82) is 5.26 Å². The average molecular weight is 266 g/mol. The maximum absolute atomic E-state index is 11.8. The van der Waals surface area contributed by atoms with Gasteiger partial charge in [-0.05, 0) is 25.1 Å². The molecular formula is C13H12ClNO3. The Morgan fingerprint density at radius 2 is 2.11 bits per heavy atom. The van der Waals surface area contributed by atoms with Crippen LogP contribution in [0.4, 0.5) is 0 Å². The van der Waals surface area contributed by atoms with Gasteiger partial charge in [-0.2, -0.15) is 5.26 Å². The van der Waals surface area contributed by atoms with Crippen LogP contribution in [0, 0.1) is 11.3 Å². The van der Waals surface area contributed by atoms with Gasteiger partial charge < -0.3 is 4.74 Å². The number of carbonyl (C=O) groups excluding carboxylic acids is 2. The van der Waals surface area contributed by atoms with E-state index in [1.165, 1.54) is 18.2 Å². The first kappa shape index (κ1) is 14.2. The van der Waals surface area contributed by atoms with Crippen LogP contribution in [0.2, 0.25) is 0 Å². The number of alkyl halides is 1. The fraction of sp³-hybridized carbons (Fsp3) is 0.308. The predicted octanol–water partition coefficient (Wildman–Crippen LogP) is 2.55. The molecule has 94 valence electrons. The lowest BCUT2D eigenvalue weighted by molar-refractivity contribution is 0.0523. The fourth-order valence-corrected chi connectivity index (χ4v) is 1.62. The van der Waals surface area contributed by atoms with E-state index in [1.807, 2.05) is 6.07 Å². The van der Waals surface area contributed by atoms with Crippen molar-refractivity contribution in [2.24, 2.45) is 0 Å². The first-order valence-corrected chi connectivity index (χ1v) is 5.98.